The summed E-state index contributed by atoms with van der Waals surface area (Å²) in [6, 6.07) is 8.89. The molecule has 1 N–H and O–H groups in total. The lowest BCUT2D eigenvalue weighted by Gasteiger charge is -2.09. The van der Waals surface area contributed by atoms with Gasteiger partial charge in [0.1, 0.15) is 5.69 Å². The van der Waals surface area contributed by atoms with Crippen LogP contribution in [-0.2, 0) is 6.18 Å². The number of rotatable bonds is 4. The third kappa shape index (κ3) is 4.23. The monoisotopic (exact) mass is 357 g/mol. The molecule has 0 saturated carbocycles. The summed E-state index contributed by atoms with van der Waals surface area (Å²) in [7, 11) is 0. The van der Waals surface area contributed by atoms with E-state index < -0.39 is 22.4 Å². The first-order valence-electron chi connectivity index (χ1n) is 6.60. The first-order chi connectivity index (χ1) is 11.2. The summed E-state index contributed by atoms with van der Waals surface area (Å²) in [4.78, 5) is 10.1. The molecular weight excluding hydrogens is 347 g/mol. The number of nitro groups is 1. The average Bonchev–Trinajstić information content (AvgIpc) is 2.52. The van der Waals surface area contributed by atoms with Gasteiger partial charge in [-0.15, -0.1) is 0 Å². The van der Waals surface area contributed by atoms with E-state index in [9.17, 15) is 23.3 Å². The Bertz CT molecular complexity index is 790. The number of anilines is 1. The second-order valence-corrected chi connectivity index (χ2v) is 5.24. The molecule has 0 bridgehead atoms. The fraction of sp³-hybridized carbons (Fsp3) is 0.133. The van der Waals surface area contributed by atoms with Crippen LogP contribution in [0.4, 0.5) is 24.5 Å². The Kier molecular flexibility index (Phi) is 5.08. The van der Waals surface area contributed by atoms with E-state index in [1.807, 2.05) is 0 Å². The summed E-state index contributed by atoms with van der Waals surface area (Å²) in [5.74, 6) is 0. The molecule has 0 aliphatic heterocycles. The average molecular weight is 358 g/mol. The standard InChI is InChI=1S/C15H11ClF3N3O2/c1-9(10-2-5-12(16)6-3-10)20-21-13-7-4-11(15(17,18)19)8-14(13)22(23)24/h2-8,21H,1H3. The van der Waals surface area contributed by atoms with Crippen molar-refractivity contribution in [2.24, 2.45) is 5.10 Å². The molecule has 2 aromatic rings. The number of halogens is 4. The highest BCUT2D eigenvalue weighted by Gasteiger charge is 2.33. The Balaban J connectivity index is 2.30. The van der Waals surface area contributed by atoms with Gasteiger partial charge in [-0.3, -0.25) is 15.5 Å². The highest BCUT2D eigenvalue weighted by Crippen LogP contribution is 2.35. The normalized spacial score (nSPS) is 12.1. The van der Waals surface area contributed by atoms with Crippen LogP contribution in [0.3, 0.4) is 0 Å². The van der Waals surface area contributed by atoms with Crippen LogP contribution in [0.25, 0.3) is 0 Å². The number of nitro benzene ring substituents is 1. The number of nitrogens with zero attached hydrogens (tertiary/aromatic N) is 2. The van der Waals surface area contributed by atoms with Gasteiger partial charge in [-0.1, -0.05) is 23.7 Å². The zero-order chi connectivity index (χ0) is 17.9. The number of hydrogen-bond acceptors (Lipinski definition) is 4. The summed E-state index contributed by atoms with van der Waals surface area (Å²) >= 11 is 5.77. The number of hydrazone groups is 1. The number of hydrogen-bond donors (Lipinski definition) is 1. The minimum Gasteiger partial charge on any atom is -0.271 e. The number of benzene rings is 2. The molecule has 126 valence electrons. The molecule has 0 fully saturated rings. The van der Waals surface area contributed by atoms with Crippen molar-refractivity contribution in [3.63, 3.8) is 0 Å². The van der Waals surface area contributed by atoms with Crippen molar-refractivity contribution in [1.82, 2.24) is 0 Å². The van der Waals surface area contributed by atoms with Crippen molar-refractivity contribution < 1.29 is 18.1 Å². The summed E-state index contributed by atoms with van der Waals surface area (Å²) in [6.07, 6.45) is -4.66. The topological polar surface area (TPSA) is 67.5 Å². The highest BCUT2D eigenvalue weighted by atomic mass is 35.5. The van der Waals surface area contributed by atoms with Crippen molar-refractivity contribution in [1.29, 1.82) is 0 Å². The minimum atomic E-state index is -4.66. The van der Waals surface area contributed by atoms with Gasteiger partial charge in [0.2, 0.25) is 0 Å². The Labute approximate surface area is 139 Å². The summed E-state index contributed by atoms with van der Waals surface area (Å²) in [5, 5.41) is 15.5. The van der Waals surface area contributed by atoms with E-state index in [0.29, 0.717) is 22.4 Å². The van der Waals surface area contributed by atoms with Gasteiger partial charge in [0.25, 0.3) is 5.69 Å². The van der Waals surface area contributed by atoms with Gasteiger partial charge in [-0.2, -0.15) is 18.3 Å². The second kappa shape index (κ2) is 6.88. The first-order valence-corrected chi connectivity index (χ1v) is 6.98. The van der Waals surface area contributed by atoms with Gasteiger partial charge >= 0.3 is 6.18 Å². The molecule has 2 aromatic carbocycles. The van der Waals surface area contributed by atoms with E-state index >= 15 is 0 Å². The fourth-order valence-electron chi connectivity index (χ4n) is 1.85. The van der Waals surface area contributed by atoms with Crippen LogP contribution in [0, 0.1) is 10.1 Å². The van der Waals surface area contributed by atoms with Crippen molar-refractivity contribution >= 4 is 28.7 Å². The lowest BCUT2D eigenvalue weighted by atomic mass is 10.1. The molecule has 9 heteroatoms. The molecule has 0 saturated heterocycles. The van der Waals surface area contributed by atoms with E-state index in [1.165, 1.54) is 0 Å². The second-order valence-electron chi connectivity index (χ2n) is 4.80. The summed E-state index contributed by atoms with van der Waals surface area (Å²) < 4.78 is 37.9. The molecule has 0 aliphatic rings. The van der Waals surface area contributed by atoms with E-state index in [0.717, 1.165) is 12.1 Å². The predicted molar refractivity (Wildman–Crippen MR) is 85.4 cm³/mol. The molecule has 0 unspecified atom stereocenters. The Morgan fingerprint density at radius 3 is 2.38 bits per heavy atom. The lowest BCUT2D eigenvalue weighted by Crippen LogP contribution is -2.07. The molecule has 0 aromatic heterocycles. The van der Waals surface area contributed by atoms with Gasteiger partial charge in [-0.25, -0.2) is 0 Å². The van der Waals surface area contributed by atoms with Crippen LogP contribution >= 0.6 is 11.6 Å². The maximum absolute atomic E-state index is 12.6. The molecule has 2 rings (SSSR count). The van der Waals surface area contributed by atoms with Gasteiger partial charge < -0.3 is 0 Å². The van der Waals surface area contributed by atoms with Crippen LogP contribution in [0.5, 0.6) is 0 Å². The van der Waals surface area contributed by atoms with Gasteiger partial charge in [0, 0.05) is 11.1 Å². The smallest absolute Gasteiger partial charge is 0.271 e. The third-order valence-corrected chi connectivity index (χ3v) is 3.38. The zero-order valence-corrected chi connectivity index (χ0v) is 13.0. The molecule has 0 spiro atoms. The summed E-state index contributed by atoms with van der Waals surface area (Å²) in [6.45, 7) is 1.64. The Morgan fingerprint density at radius 2 is 1.83 bits per heavy atom. The molecule has 0 amide bonds. The molecule has 5 nitrogen and oxygen atoms in total. The van der Waals surface area contributed by atoms with Gasteiger partial charge in [0.05, 0.1) is 16.2 Å². The molecule has 24 heavy (non-hydrogen) atoms. The first kappa shape index (κ1) is 17.7. The quantitative estimate of drug-likeness (QED) is 0.470. The minimum absolute atomic E-state index is 0.138. The van der Waals surface area contributed by atoms with Gasteiger partial charge in [-0.05, 0) is 36.8 Å². The molecular formula is C15H11ClF3N3O2. The van der Waals surface area contributed by atoms with Crippen LogP contribution < -0.4 is 5.43 Å². The summed E-state index contributed by atoms with van der Waals surface area (Å²) in [5.41, 5.74) is 1.68. The largest absolute Gasteiger partial charge is 0.416 e. The number of nitrogens with one attached hydrogen (secondary N) is 1. The highest BCUT2D eigenvalue weighted by molar-refractivity contribution is 6.30. The van der Waals surface area contributed by atoms with E-state index in [1.54, 1.807) is 31.2 Å². The van der Waals surface area contributed by atoms with Crippen LogP contribution in [-0.4, -0.2) is 10.6 Å². The molecule has 0 atom stereocenters. The van der Waals surface area contributed by atoms with Crippen molar-refractivity contribution in [2.45, 2.75) is 13.1 Å². The van der Waals surface area contributed by atoms with Crippen LogP contribution in [0.2, 0.25) is 5.02 Å². The van der Waals surface area contributed by atoms with E-state index in [4.69, 9.17) is 11.6 Å². The van der Waals surface area contributed by atoms with Crippen molar-refractivity contribution in [3.8, 4) is 0 Å². The molecule has 0 radical (unpaired) electrons. The third-order valence-electron chi connectivity index (χ3n) is 3.13. The Hall–Kier alpha value is -2.61. The van der Waals surface area contributed by atoms with Crippen LogP contribution in [0.1, 0.15) is 18.1 Å². The molecule has 0 aliphatic carbocycles. The lowest BCUT2D eigenvalue weighted by molar-refractivity contribution is -0.384. The molecule has 0 heterocycles. The van der Waals surface area contributed by atoms with Crippen molar-refractivity contribution in [3.05, 3.63) is 68.7 Å². The maximum Gasteiger partial charge on any atom is 0.416 e. The van der Waals surface area contributed by atoms with E-state index in [-0.39, 0.29) is 5.69 Å². The SMILES string of the molecule is CC(=NNc1ccc(C(F)(F)F)cc1[N+](=O)[O-])c1ccc(Cl)cc1. The predicted octanol–water partition coefficient (Wildman–Crippen LogP) is 5.10. The Morgan fingerprint density at radius 1 is 1.21 bits per heavy atom. The zero-order valence-electron chi connectivity index (χ0n) is 12.3. The van der Waals surface area contributed by atoms with E-state index in [2.05, 4.69) is 10.5 Å². The van der Waals surface area contributed by atoms with Crippen molar-refractivity contribution in [2.75, 3.05) is 5.43 Å². The number of alkyl halides is 3. The van der Waals surface area contributed by atoms with Gasteiger partial charge in [0.15, 0.2) is 0 Å². The fourth-order valence-corrected chi connectivity index (χ4v) is 1.98. The van der Waals surface area contributed by atoms with Crippen LogP contribution in [0.15, 0.2) is 47.6 Å². The maximum atomic E-state index is 12.6.